The van der Waals surface area contributed by atoms with Crippen LogP contribution in [0.1, 0.15) is 27.7 Å². The van der Waals surface area contributed by atoms with Crippen molar-refractivity contribution in [2.75, 3.05) is 13.7 Å². The van der Waals surface area contributed by atoms with Gasteiger partial charge < -0.3 is 9.47 Å². The van der Waals surface area contributed by atoms with E-state index in [2.05, 4.69) is 18.9 Å². The first-order valence-electron chi connectivity index (χ1n) is 6.18. The highest BCUT2D eigenvalue weighted by atomic mass is 32.2. The van der Waals surface area contributed by atoms with Crippen LogP contribution < -0.4 is 9.44 Å². The number of carbonyl (C=O) groups is 2. The molecule has 8 nitrogen and oxygen atoms in total. The molecule has 2 N–H and O–H groups in total. The van der Waals surface area contributed by atoms with Crippen LogP contribution >= 0.6 is 0 Å². The van der Waals surface area contributed by atoms with E-state index in [0.717, 1.165) is 0 Å². The van der Waals surface area contributed by atoms with Gasteiger partial charge in [-0.25, -0.2) is 0 Å². The van der Waals surface area contributed by atoms with Gasteiger partial charge in [0.2, 0.25) is 0 Å². The zero-order chi connectivity index (χ0) is 15.9. The summed E-state index contributed by atoms with van der Waals surface area (Å²) in [5.74, 6) is -1.71. The summed E-state index contributed by atoms with van der Waals surface area (Å²) in [6, 6.07) is -2.09. The normalized spacial score (nSPS) is 14.7. The van der Waals surface area contributed by atoms with Crippen molar-refractivity contribution in [3.63, 3.8) is 0 Å². The Morgan fingerprint density at radius 2 is 1.65 bits per heavy atom. The van der Waals surface area contributed by atoms with Crippen LogP contribution in [0.4, 0.5) is 0 Å². The maximum Gasteiger partial charge on any atom is 0.324 e. The van der Waals surface area contributed by atoms with E-state index in [1.807, 2.05) is 0 Å². The van der Waals surface area contributed by atoms with E-state index in [-0.39, 0.29) is 12.5 Å². The Kier molecular flexibility index (Phi) is 7.69. The third kappa shape index (κ3) is 6.31. The largest absolute Gasteiger partial charge is 0.468 e. The van der Waals surface area contributed by atoms with E-state index >= 15 is 0 Å². The summed E-state index contributed by atoms with van der Waals surface area (Å²) in [4.78, 5) is 22.8. The Labute approximate surface area is 119 Å². The number of rotatable bonds is 8. The summed E-state index contributed by atoms with van der Waals surface area (Å²) in [6.07, 6.45) is 0. The second-order valence-electron chi connectivity index (χ2n) is 4.46. The Hall–Kier alpha value is -1.19. The van der Waals surface area contributed by atoms with Crippen molar-refractivity contribution in [3.05, 3.63) is 0 Å². The molecular weight excluding hydrogens is 288 g/mol. The molecule has 0 aliphatic heterocycles. The van der Waals surface area contributed by atoms with Gasteiger partial charge in [-0.05, 0) is 19.8 Å². The minimum Gasteiger partial charge on any atom is -0.468 e. The lowest BCUT2D eigenvalue weighted by molar-refractivity contribution is -0.144. The zero-order valence-corrected chi connectivity index (χ0v) is 13.1. The fraction of sp³-hybridized carbons (Fsp3) is 0.818. The number of hydrogen-bond acceptors (Lipinski definition) is 6. The maximum absolute atomic E-state index is 11.8. The quantitative estimate of drug-likeness (QED) is 0.588. The highest BCUT2D eigenvalue weighted by molar-refractivity contribution is 7.87. The van der Waals surface area contributed by atoms with Gasteiger partial charge in [0.05, 0.1) is 13.7 Å². The van der Waals surface area contributed by atoms with Gasteiger partial charge in [0.25, 0.3) is 10.2 Å². The average Bonchev–Trinajstić information content (AvgIpc) is 2.34. The average molecular weight is 310 g/mol. The molecule has 20 heavy (non-hydrogen) atoms. The topological polar surface area (TPSA) is 111 Å². The number of esters is 2. The molecule has 0 radical (unpaired) electrons. The smallest absolute Gasteiger partial charge is 0.324 e. The Morgan fingerprint density at radius 1 is 1.10 bits per heavy atom. The van der Waals surface area contributed by atoms with Crippen LogP contribution in [0.3, 0.4) is 0 Å². The van der Waals surface area contributed by atoms with Gasteiger partial charge in [-0.1, -0.05) is 13.8 Å². The van der Waals surface area contributed by atoms with E-state index in [1.165, 1.54) is 14.0 Å². The standard InChI is InChI=1S/C11H22N2O6S/c1-6-19-10(14)8(4)12-20(16,17)13-9(7(2)3)11(15)18-5/h7-9,12-13H,6H2,1-5H3/t8-,9+/m1/s1. The van der Waals surface area contributed by atoms with Crippen LogP contribution in [0.2, 0.25) is 0 Å². The molecule has 2 atom stereocenters. The fourth-order valence-corrected chi connectivity index (χ4v) is 2.67. The van der Waals surface area contributed by atoms with Gasteiger partial charge in [-0.3, -0.25) is 9.59 Å². The van der Waals surface area contributed by atoms with Gasteiger partial charge in [-0.2, -0.15) is 17.9 Å². The molecule has 9 heteroatoms. The van der Waals surface area contributed by atoms with Gasteiger partial charge in [0, 0.05) is 0 Å². The lowest BCUT2D eigenvalue weighted by Crippen LogP contribution is -2.52. The minimum atomic E-state index is -4.05. The van der Waals surface area contributed by atoms with Crippen molar-refractivity contribution in [1.82, 2.24) is 9.44 Å². The minimum absolute atomic E-state index is 0.148. The summed E-state index contributed by atoms with van der Waals surface area (Å²) in [5, 5.41) is 0. The molecular formula is C11H22N2O6S. The van der Waals surface area contributed by atoms with E-state index in [1.54, 1.807) is 20.8 Å². The van der Waals surface area contributed by atoms with Crippen molar-refractivity contribution in [1.29, 1.82) is 0 Å². The van der Waals surface area contributed by atoms with E-state index in [0.29, 0.717) is 0 Å². The molecule has 0 rings (SSSR count). The fourth-order valence-electron chi connectivity index (χ4n) is 1.33. The second-order valence-corrected chi connectivity index (χ2v) is 5.94. The third-order valence-corrected chi connectivity index (χ3v) is 3.60. The van der Waals surface area contributed by atoms with Crippen molar-refractivity contribution >= 4 is 22.1 Å². The number of nitrogens with one attached hydrogen (secondary N) is 2. The van der Waals surface area contributed by atoms with Gasteiger partial charge in [0.15, 0.2) is 0 Å². The van der Waals surface area contributed by atoms with Crippen molar-refractivity contribution < 1.29 is 27.5 Å². The van der Waals surface area contributed by atoms with Crippen molar-refractivity contribution in [3.8, 4) is 0 Å². The third-order valence-electron chi connectivity index (χ3n) is 2.38. The molecule has 0 saturated heterocycles. The summed E-state index contributed by atoms with van der Waals surface area (Å²) in [5.41, 5.74) is 0. The molecule has 0 aromatic heterocycles. The highest BCUT2D eigenvalue weighted by Gasteiger charge is 2.30. The van der Waals surface area contributed by atoms with Gasteiger partial charge in [-0.15, -0.1) is 0 Å². The predicted molar refractivity (Wildman–Crippen MR) is 71.9 cm³/mol. The molecule has 0 aliphatic rings. The maximum atomic E-state index is 11.8. The lowest BCUT2D eigenvalue weighted by atomic mass is 10.1. The molecule has 0 aromatic carbocycles. The first-order valence-corrected chi connectivity index (χ1v) is 7.67. The first kappa shape index (κ1) is 18.8. The van der Waals surface area contributed by atoms with E-state index < -0.39 is 34.2 Å². The Bertz CT molecular complexity index is 434. The number of ether oxygens (including phenoxy) is 2. The molecule has 0 aliphatic carbocycles. The number of hydrogen-bond donors (Lipinski definition) is 2. The SMILES string of the molecule is CCOC(=O)[C@@H](C)NS(=O)(=O)N[C@H](C(=O)OC)C(C)C. The summed E-state index contributed by atoms with van der Waals surface area (Å²) >= 11 is 0. The summed E-state index contributed by atoms with van der Waals surface area (Å²) in [6.45, 7) is 6.44. The second kappa shape index (κ2) is 8.18. The molecule has 0 heterocycles. The van der Waals surface area contributed by atoms with Gasteiger partial charge >= 0.3 is 11.9 Å². The van der Waals surface area contributed by atoms with Crippen LogP contribution in [-0.2, 0) is 29.3 Å². The van der Waals surface area contributed by atoms with Crippen molar-refractivity contribution in [2.45, 2.75) is 39.8 Å². The first-order chi connectivity index (χ1) is 9.14. The molecule has 0 fully saturated rings. The molecule has 0 saturated carbocycles. The predicted octanol–water partition coefficient (Wildman–Crippen LogP) is -0.440. The van der Waals surface area contributed by atoms with Crippen LogP contribution in [0.25, 0.3) is 0 Å². The summed E-state index contributed by atoms with van der Waals surface area (Å²) in [7, 11) is -2.88. The monoisotopic (exact) mass is 310 g/mol. The van der Waals surface area contributed by atoms with Crippen molar-refractivity contribution in [2.24, 2.45) is 5.92 Å². The number of methoxy groups -OCH3 is 1. The number of carbonyl (C=O) groups excluding carboxylic acids is 2. The van der Waals surface area contributed by atoms with Crippen LogP contribution in [0, 0.1) is 5.92 Å². The molecule has 0 aromatic rings. The van der Waals surface area contributed by atoms with Crippen LogP contribution in [-0.4, -0.2) is 46.2 Å². The Balaban J connectivity index is 4.80. The highest BCUT2D eigenvalue weighted by Crippen LogP contribution is 2.05. The summed E-state index contributed by atoms with van der Waals surface area (Å²) < 4.78 is 37.1. The molecule has 118 valence electrons. The molecule has 0 amide bonds. The van der Waals surface area contributed by atoms with E-state index in [4.69, 9.17) is 0 Å². The molecule has 0 unspecified atom stereocenters. The van der Waals surface area contributed by atoms with E-state index in [9.17, 15) is 18.0 Å². The molecule has 0 bridgehead atoms. The van der Waals surface area contributed by atoms with Gasteiger partial charge in [0.1, 0.15) is 12.1 Å². The molecule has 0 spiro atoms. The lowest BCUT2D eigenvalue weighted by Gasteiger charge is -2.21. The van der Waals surface area contributed by atoms with Crippen LogP contribution in [0.5, 0.6) is 0 Å². The Morgan fingerprint density at radius 3 is 2.05 bits per heavy atom. The van der Waals surface area contributed by atoms with Crippen LogP contribution in [0.15, 0.2) is 0 Å². The zero-order valence-electron chi connectivity index (χ0n) is 12.3.